The lowest BCUT2D eigenvalue weighted by molar-refractivity contribution is 0.0981. The molecule has 0 aliphatic heterocycles. The molecule has 0 fully saturated rings. The molecule has 0 bridgehead atoms. The van der Waals surface area contributed by atoms with E-state index >= 15 is 0 Å². The predicted molar refractivity (Wildman–Crippen MR) is 84.4 cm³/mol. The first-order valence-corrected chi connectivity index (χ1v) is 8.95. The van der Waals surface area contributed by atoms with Gasteiger partial charge >= 0.3 is 0 Å². The van der Waals surface area contributed by atoms with Gasteiger partial charge in [-0.1, -0.05) is 15.9 Å². The van der Waals surface area contributed by atoms with Crippen LogP contribution in [0.25, 0.3) is 0 Å². The van der Waals surface area contributed by atoms with Crippen LogP contribution in [0.3, 0.4) is 0 Å². The lowest BCUT2D eigenvalue weighted by Crippen LogP contribution is -2.30. The number of methoxy groups -OCH3 is 1. The number of ether oxygens (including phenoxy) is 1. The van der Waals surface area contributed by atoms with Gasteiger partial charge in [-0.05, 0) is 30.7 Å². The number of thiophene rings is 1. The second-order valence-corrected chi connectivity index (χ2v) is 7.94. The zero-order chi connectivity index (χ0) is 15.6. The minimum atomic E-state index is -3.90. The van der Waals surface area contributed by atoms with Crippen LogP contribution >= 0.6 is 27.3 Å². The molecule has 1 heterocycles. The summed E-state index contributed by atoms with van der Waals surface area (Å²) in [5, 5.41) is 1.56. The fraction of sp³-hybridized carbons (Fsp3) is 0.154. The van der Waals surface area contributed by atoms with Crippen molar-refractivity contribution in [3.05, 3.63) is 45.2 Å². The summed E-state index contributed by atoms with van der Waals surface area (Å²) in [6, 6.07) is 6.37. The Hall–Kier alpha value is -1.38. The van der Waals surface area contributed by atoms with E-state index in [-0.39, 0.29) is 4.21 Å². The van der Waals surface area contributed by atoms with Gasteiger partial charge in [-0.3, -0.25) is 4.79 Å². The minimum absolute atomic E-state index is 0.0301. The second-order valence-electron chi connectivity index (χ2n) is 4.20. The van der Waals surface area contributed by atoms with Crippen molar-refractivity contribution in [2.75, 3.05) is 7.11 Å². The second kappa shape index (κ2) is 6.17. The first kappa shape index (κ1) is 16.0. The lowest BCUT2D eigenvalue weighted by atomic mass is 10.1. The van der Waals surface area contributed by atoms with Gasteiger partial charge in [-0.25, -0.2) is 13.1 Å². The van der Waals surface area contributed by atoms with E-state index in [2.05, 4.69) is 20.7 Å². The normalized spacial score (nSPS) is 11.2. The molecule has 0 unspecified atom stereocenters. The maximum Gasteiger partial charge on any atom is 0.273 e. The highest BCUT2D eigenvalue weighted by Gasteiger charge is 2.22. The fourth-order valence-corrected chi connectivity index (χ4v) is 4.22. The van der Waals surface area contributed by atoms with Crippen molar-refractivity contribution >= 4 is 43.2 Å². The molecule has 0 saturated carbocycles. The highest BCUT2D eigenvalue weighted by atomic mass is 79.9. The van der Waals surface area contributed by atoms with Gasteiger partial charge in [-0.15, -0.1) is 11.3 Å². The van der Waals surface area contributed by atoms with E-state index in [1.165, 1.54) is 13.2 Å². The Kier molecular flexibility index (Phi) is 4.70. The average Bonchev–Trinajstić information content (AvgIpc) is 2.87. The third-order valence-corrected chi connectivity index (χ3v) is 5.95. The van der Waals surface area contributed by atoms with Crippen molar-refractivity contribution in [3.63, 3.8) is 0 Å². The van der Waals surface area contributed by atoms with Gasteiger partial charge in [0.25, 0.3) is 15.9 Å². The predicted octanol–water partition coefficient (Wildman–Crippen LogP) is 2.95. The van der Waals surface area contributed by atoms with Gasteiger partial charge in [0.15, 0.2) is 0 Å². The van der Waals surface area contributed by atoms with E-state index in [1.807, 2.05) is 0 Å². The van der Waals surface area contributed by atoms with Crippen molar-refractivity contribution in [2.45, 2.75) is 11.1 Å². The summed E-state index contributed by atoms with van der Waals surface area (Å²) in [7, 11) is -2.45. The molecule has 0 spiro atoms. The van der Waals surface area contributed by atoms with Crippen LogP contribution in [0.1, 0.15) is 15.9 Å². The summed E-state index contributed by atoms with van der Waals surface area (Å²) in [5.74, 6) is -0.222. The van der Waals surface area contributed by atoms with Gasteiger partial charge in [0.05, 0.1) is 7.11 Å². The molecule has 0 saturated heterocycles. The van der Waals surface area contributed by atoms with Gasteiger partial charge in [0.1, 0.15) is 9.96 Å². The molecular weight excluding hydrogens is 378 g/mol. The summed E-state index contributed by atoms with van der Waals surface area (Å²) in [6.07, 6.45) is 0. The van der Waals surface area contributed by atoms with Crippen LogP contribution in [0.5, 0.6) is 5.75 Å². The number of hydrogen-bond donors (Lipinski definition) is 1. The summed E-state index contributed by atoms with van der Waals surface area (Å²) in [4.78, 5) is 12.1. The molecule has 0 aliphatic carbocycles. The molecule has 0 aliphatic rings. The molecule has 0 radical (unpaired) electrons. The topological polar surface area (TPSA) is 72.5 Å². The van der Waals surface area contributed by atoms with Crippen molar-refractivity contribution in [1.29, 1.82) is 0 Å². The zero-order valence-corrected chi connectivity index (χ0v) is 14.4. The average molecular weight is 390 g/mol. The number of hydrogen-bond acceptors (Lipinski definition) is 5. The van der Waals surface area contributed by atoms with Crippen LogP contribution in [0.2, 0.25) is 0 Å². The number of aryl methyl sites for hydroxylation is 1. The first-order valence-electron chi connectivity index (χ1n) is 5.79. The maximum atomic E-state index is 12.1. The van der Waals surface area contributed by atoms with E-state index in [0.29, 0.717) is 16.9 Å². The van der Waals surface area contributed by atoms with Crippen LogP contribution < -0.4 is 9.46 Å². The SMILES string of the molecule is COc1csc(S(=O)(=O)NC(=O)c2ccc(Br)cc2C)c1. The van der Waals surface area contributed by atoms with Gasteiger partial charge < -0.3 is 4.74 Å². The van der Waals surface area contributed by atoms with Crippen LogP contribution in [0.4, 0.5) is 0 Å². The molecule has 2 rings (SSSR count). The quantitative estimate of drug-likeness (QED) is 0.872. The van der Waals surface area contributed by atoms with Gasteiger partial charge in [0.2, 0.25) is 0 Å². The summed E-state index contributed by atoms with van der Waals surface area (Å²) < 4.78 is 32.1. The summed E-state index contributed by atoms with van der Waals surface area (Å²) >= 11 is 4.28. The molecule has 2 aromatic rings. The fourth-order valence-electron chi connectivity index (χ4n) is 1.66. The monoisotopic (exact) mass is 389 g/mol. The minimum Gasteiger partial charge on any atom is -0.496 e. The van der Waals surface area contributed by atoms with E-state index in [1.54, 1.807) is 30.5 Å². The Bertz CT molecular complexity index is 783. The number of carbonyl (C=O) groups excluding carboxylic acids is 1. The van der Waals surface area contributed by atoms with Crippen LogP contribution in [0.15, 0.2) is 38.3 Å². The third kappa shape index (κ3) is 3.63. The molecule has 1 amide bonds. The summed E-state index contributed by atoms with van der Waals surface area (Å²) in [5.41, 5.74) is 0.992. The van der Waals surface area contributed by atoms with Crippen LogP contribution in [-0.2, 0) is 10.0 Å². The Morgan fingerprint density at radius 3 is 2.62 bits per heavy atom. The van der Waals surface area contributed by atoms with Gasteiger partial charge in [0, 0.05) is 21.5 Å². The Labute approximate surface area is 135 Å². The highest BCUT2D eigenvalue weighted by Crippen LogP contribution is 2.25. The molecule has 1 aromatic heterocycles. The molecule has 1 N–H and O–H groups in total. The Morgan fingerprint density at radius 2 is 2.05 bits per heavy atom. The molecule has 1 aromatic carbocycles. The van der Waals surface area contributed by atoms with Gasteiger partial charge in [-0.2, -0.15) is 0 Å². The number of halogens is 1. The van der Waals surface area contributed by atoms with E-state index in [0.717, 1.165) is 15.8 Å². The molecule has 112 valence electrons. The van der Waals surface area contributed by atoms with Crippen molar-refractivity contribution in [3.8, 4) is 5.75 Å². The number of nitrogens with one attached hydrogen (secondary N) is 1. The molecule has 5 nitrogen and oxygen atoms in total. The van der Waals surface area contributed by atoms with E-state index in [4.69, 9.17) is 4.74 Å². The molecule has 8 heteroatoms. The molecule has 0 atom stereocenters. The molecular formula is C13H12BrNO4S2. The lowest BCUT2D eigenvalue weighted by Gasteiger charge is -2.07. The Morgan fingerprint density at radius 1 is 1.33 bits per heavy atom. The van der Waals surface area contributed by atoms with Crippen molar-refractivity contribution in [1.82, 2.24) is 4.72 Å². The Balaban J connectivity index is 2.25. The maximum absolute atomic E-state index is 12.1. The zero-order valence-electron chi connectivity index (χ0n) is 11.2. The smallest absolute Gasteiger partial charge is 0.273 e. The van der Waals surface area contributed by atoms with Crippen molar-refractivity contribution in [2.24, 2.45) is 0 Å². The largest absolute Gasteiger partial charge is 0.496 e. The van der Waals surface area contributed by atoms with Crippen molar-refractivity contribution < 1.29 is 17.9 Å². The number of carbonyl (C=O) groups is 1. The number of benzene rings is 1. The van der Waals surface area contributed by atoms with E-state index in [9.17, 15) is 13.2 Å². The van der Waals surface area contributed by atoms with Crippen LogP contribution in [0, 0.1) is 6.92 Å². The van der Waals surface area contributed by atoms with Crippen LogP contribution in [-0.4, -0.2) is 21.4 Å². The summed E-state index contributed by atoms with van der Waals surface area (Å²) in [6.45, 7) is 1.74. The highest BCUT2D eigenvalue weighted by molar-refractivity contribution is 9.10. The number of rotatable bonds is 4. The van der Waals surface area contributed by atoms with E-state index < -0.39 is 15.9 Å². The first-order chi connectivity index (χ1) is 9.83. The third-order valence-electron chi connectivity index (χ3n) is 2.71. The molecule has 21 heavy (non-hydrogen) atoms. The number of amides is 1. The standard InChI is InChI=1S/C13H12BrNO4S2/c1-8-5-9(14)3-4-11(8)13(16)15-21(17,18)12-6-10(19-2)7-20-12/h3-7H,1-2H3,(H,15,16). The number of sulfonamides is 1.